The quantitative estimate of drug-likeness (QED) is 0.379. The maximum Gasteiger partial charge on any atom is 0.312 e. The predicted octanol–water partition coefficient (Wildman–Crippen LogP) is 3.25. The highest BCUT2D eigenvalue weighted by Crippen LogP contribution is 2.20. The summed E-state index contributed by atoms with van der Waals surface area (Å²) in [6.45, 7) is 7.64. The second-order valence-electron chi connectivity index (χ2n) is 9.55. The van der Waals surface area contributed by atoms with Crippen LogP contribution in [0.1, 0.15) is 42.5 Å². The van der Waals surface area contributed by atoms with Crippen molar-refractivity contribution in [1.82, 2.24) is 14.9 Å². The number of ether oxygens (including phenoxy) is 1. The van der Waals surface area contributed by atoms with Gasteiger partial charge in [0.25, 0.3) is 11.5 Å². The van der Waals surface area contributed by atoms with Crippen LogP contribution in [0.2, 0.25) is 0 Å². The van der Waals surface area contributed by atoms with E-state index in [4.69, 9.17) is 17.6 Å². The van der Waals surface area contributed by atoms with Crippen molar-refractivity contribution < 1.29 is 14.3 Å². The Morgan fingerprint density at radius 1 is 1.11 bits per heavy atom. The van der Waals surface area contributed by atoms with Crippen molar-refractivity contribution in [2.45, 2.75) is 41.0 Å². The molecule has 0 saturated carbocycles. The number of carbonyl (C=O) groups is 2. The maximum atomic E-state index is 13.3. The lowest BCUT2D eigenvalue weighted by Gasteiger charge is -2.23. The number of aryl methyl sites for hydroxylation is 1. The summed E-state index contributed by atoms with van der Waals surface area (Å²) in [6, 6.07) is 12.5. The smallest absolute Gasteiger partial charge is 0.312 e. The molecule has 1 N–H and O–H groups in total. The van der Waals surface area contributed by atoms with E-state index in [9.17, 15) is 14.4 Å². The Labute approximate surface area is 216 Å². The van der Waals surface area contributed by atoms with Crippen LogP contribution in [0.3, 0.4) is 0 Å². The first-order valence-corrected chi connectivity index (χ1v) is 11.7. The third-order valence-corrected chi connectivity index (χ3v) is 5.65. The fourth-order valence-electron chi connectivity index (χ4n) is 3.60. The van der Waals surface area contributed by atoms with Gasteiger partial charge in [0.05, 0.1) is 29.4 Å². The summed E-state index contributed by atoms with van der Waals surface area (Å²) in [4.78, 5) is 44.0. The molecule has 0 bridgehead atoms. The van der Waals surface area contributed by atoms with Gasteiger partial charge >= 0.3 is 5.97 Å². The molecule has 190 valence electrons. The van der Waals surface area contributed by atoms with Crippen LogP contribution in [0.25, 0.3) is 10.9 Å². The van der Waals surface area contributed by atoms with Crippen LogP contribution in [-0.2, 0) is 22.8 Å². The highest BCUT2D eigenvalue weighted by molar-refractivity contribution is 5.94. The lowest BCUT2D eigenvalue weighted by atomic mass is 9.98. The third-order valence-electron chi connectivity index (χ3n) is 5.65. The zero-order chi connectivity index (χ0) is 27.2. The third kappa shape index (κ3) is 6.56. The van der Waals surface area contributed by atoms with Gasteiger partial charge in [0.15, 0.2) is 6.73 Å². The van der Waals surface area contributed by atoms with Gasteiger partial charge in [0.2, 0.25) is 0 Å². The minimum absolute atomic E-state index is 0.154. The fourth-order valence-corrected chi connectivity index (χ4v) is 3.60. The van der Waals surface area contributed by atoms with Crippen LogP contribution in [-0.4, -0.2) is 34.5 Å². The molecule has 0 unspecified atom stereocenters. The standard InChI is InChI=1S/C29H30N4O4/c1-7-15-30-26(34)22-10-12-23(13-11-22)32(16-8-2)18-21-9-14-25-24(17-21)27(35)33(20(3)31-25)19-37-28(36)29(4,5)6/h1-2,9-14,17H,15-16,18-19H2,3-6H3,(H,30,34). The summed E-state index contributed by atoms with van der Waals surface area (Å²) >= 11 is 0. The highest BCUT2D eigenvalue weighted by atomic mass is 16.5. The molecule has 37 heavy (non-hydrogen) atoms. The largest absolute Gasteiger partial charge is 0.443 e. The molecular formula is C29H30N4O4. The lowest BCUT2D eigenvalue weighted by Crippen LogP contribution is -2.30. The first-order valence-electron chi connectivity index (χ1n) is 11.7. The van der Waals surface area contributed by atoms with Crippen LogP contribution in [0, 0.1) is 37.0 Å². The first-order chi connectivity index (χ1) is 17.5. The summed E-state index contributed by atoms with van der Waals surface area (Å²) in [5, 5.41) is 3.04. The van der Waals surface area contributed by atoms with E-state index in [-0.39, 0.29) is 24.7 Å². The molecule has 0 radical (unpaired) electrons. The molecule has 3 aromatic rings. The minimum Gasteiger partial charge on any atom is -0.443 e. The van der Waals surface area contributed by atoms with Crippen LogP contribution in [0.4, 0.5) is 5.69 Å². The van der Waals surface area contributed by atoms with Crippen molar-refractivity contribution in [3.05, 3.63) is 69.8 Å². The molecule has 1 aromatic heterocycles. The van der Waals surface area contributed by atoms with Crippen LogP contribution in [0.5, 0.6) is 0 Å². The van der Waals surface area contributed by atoms with Gasteiger partial charge in [-0.3, -0.25) is 19.0 Å². The second kappa shape index (κ2) is 11.5. The van der Waals surface area contributed by atoms with E-state index in [1.807, 2.05) is 23.1 Å². The molecule has 0 aliphatic heterocycles. The number of hydrogen-bond donors (Lipinski definition) is 1. The number of fused-ring (bicyclic) bond motifs is 1. The molecule has 0 spiro atoms. The molecule has 2 aromatic carbocycles. The normalized spacial score (nSPS) is 10.9. The van der Waals surface area contributed by atoms with Crippen molar-refractivity contribution in [2.75, 3.05) is 18.0 Å². The molecule has 1 heterocycles. The molecule has 1 amide bonds. The van der Waals surface area contributed by atoms with Gasteiger partial charge in [-0.25, -0.2) is 4.98 Å². The predicted molar refractivity (Wildman–Crippen MR) is 144 cm³/mol. The summed E-state index contributed by atoms with van der Waals surface area (Å²) < 4.78 is 6.70. The number of carbonyl (C=O) groups excluding carboxylic acids is 2. The molecule has 0 aliphatic rings. The van der Waals surface area contributed by atoms with Gasteiger partial charge in [-0.05, 0) is 69.7 Å². The van der Waals surface area contributed by atoms with Crippen molar-refractivity contribution in [2.24, 2.45) is 5.41 Å². The lowest BCUT2D eigenvalue weighted by molar-refractivity contribution is -0.157. The Morgan fingerprint density at radius 2 is 1.81 bits per heavy atom. The summed E-state index contributed by atoms with van der Waals surface area (Å²) in [7, 11) is 0. The van der Waals surface area contributed by atoms with Crippen molar-refractivity contribution in [3.8, 4) is 24.7 Å². The van der Waals surface area contributed by atoms with E-state index in [2.05, 4.69) is 22.1 Å². The molecule has 0 saturated heterocycles. The molecule has 3 rings (SSSR count). The van der Waals surface area contributed by atoms with E-state index < -0.39 is 11.4 Å². The van der Waals surface area contributed by atoms with Gasteiger partial charge in [0.1, 0.15) is 5.82 Å². The van der Waals surface area contributed by atoms with Crippen LogP contribution in [0.15, 0.2) is 47.3 Å². The zero-order valence-corrected chi connectivity index (χ0v) is 21.5. The molecule has 0 fully saturated rings. The fraction of sp³-hybridized carbons (Fsp3) is 0.310. The average molecular weight is 499 g/mol. The summed E-state index contributed by atoms with van der Waals surface area (Å²) in [6.07, 6.45) is 10.8. The molecule has 8 nitrogen and oxygen atoms in total. The number of terminal acetylenes is 2. The first kappa shape index (κ1) is 27.0. The number of rotatable bonds is 8. The van der Waals surface area contributed by atoms with Gasteiger partial charge in [-0.1, -0.05) is 17.9 Å². The number of nitrogens with one attached hydrogen (secondary N) is 1. The van der Waals surface area contributed by atoms with Crippen molar-refractivity contribution >= 4 is 28.5 Å². The van der Waals surface area contributed by atoms with Gasteiger partial charge in [-0.2, -0.15) is 0 Å². The molecule has 0 atom stereocenters. The summed E-state index contributed by atoms with van der Waals surface area (Å²) in [5.74, 6) is 4.82. The van der Waals surface area contributed by atoms with Crippen molar-refractivity contribution in [1.29, 1.82) is 0 Å². The Balaban J connectivity index is 1.87. The Morgan fingerprint density at radius 3 is 2.43 bits per heavy atom. The van der Waals surface area contributed by atoms with Crippen molar-refractivity contribution in [3.63, 3.8) is 0 Å². The molecular weight excluding hydrogens is 468 g/mol. The Bertz CT molecular complexity index is 1450. The number of benzene rings is 2. The number of hydrogen-bond acceptors (Lipinski definition) is 6. The van der Waals surface area contributed by atoms with Crippen LogP contribution < -0.4 is 15.8 Å². The number of aromatic nitrogens is 2. The number of nitrogens with zero attached hydrogens (tertiary/aromatic N) is 3. The van der Waals surface area contributed by atoms with Gasteiger partial charge in [0, 0.05) is 17.8 Å². The zero-order valence-electron chi connectivity index (χ0n) is 21.5. The van der Waals surface area contributed by atoms with E-state index in [1.165, 1.54) is 4.57 Å². The number of anilines is 1. The van der Waals surface area contributed by atoms with Gasteiger partial charge < -0.3 is 15.0 Å². The summed E-state index contributed by atoms with van der Waals surface area (Å²) in [5.41, 5.74) is 1.73. The van der Waals surface area contributed by atoms with E-state index in [0.717, 1.165) is 11.3 Å². The van der Waals surface area contributed by atoms with E-state index in [0.29, 0.717) is 35.4 Å². The molecule has 0 aliphatic carbocycles. The Hall–Kier alpha value is -4.56. The number of esters is 1. The van der Waals surface area contributed by atoms with Crippen LogP contribution >= 0.6 is 0 Å². The Kier molecular flexibility index (Phi) is 8.37. The number of amides is 1. The maximum absolute atomic E-state index is 13.3. The highest BCUT2D eigenvalue weighted by Gasteiger charge is 2.23. The average Bonchev–Trinajstić information content (AvgIpc) is 2.86. The minimum atomic E-state index is -0.681. The monoisotopic (exact) mass is 498 g/mol. The topological polar surface area (TPSA) is 93.5 Å². The molecule has 8 heteroatoms. The SMILES string of the molecule is C#CCNC(=O)c1ccc(N(CC#C)Cc2ccc3nc(C)n(COC(=O)C(C)(C)C)c(=O)c3c2)cc1. The van der Waals surface area contributed by atoms with E-state index >= 15 is 0 Å². The second-order valence-corrected chi connectivity index (χ2v) is 9.55. The van der Waals surface area contributed by atoms with E-state index in [1.54, 1.807) is 52.0 Å². The van der Waals surface area contributed by atoms with Gasteiger partial charge in [-0.15, -0.1) is 12.8 Å².